The lowest BCUT2D eigenvalue weighted by molar-refractivity contribution is 0.816. The van der Waals surface area contributed by atoms with Crippen LogP contribution >= 0.6 is 0 Å². The van der Waals surface area contributed by atoms with Gasteiger partial charge >= 0.3 is 0 Å². The summed E-state index contributed by atoms with van der Waals surface area (Å²) in [5.41, 5.74) is 16.0. The molecule has 0 saturated carbocycles. The number of anilines is 1. The first kappa shape index (κ1) is 27.8. The number of nitrogens with one attached hydrogen (secondary N) is 2. The molecule has 0 heterocycles. The van der Waals surface area contributed by atoms with E-state index < -0.39 is 0 Å². The van der Waals surface area contributed by atoms with Gasteiger partial charge in [-0.25, -0.2) is 0 Å². The highest BCUT2D eigenvalue weighted by molar-refractivity contribution is 5.77. The zero-order chi connectivity index (χ0) is 27.3. The van der Waals surface area contributed by atoms with Crippen LogP contribution in [0, 0.1) is 13.8 Å². The summed E-state index contributed by atoms with van der Waals surface area (Å²) in [5, 5.41) is 7.32. The van der Waals surface area contributed by atoms with Gasteiger partial charge in [0.2, 0.25) is 0 Å². The molecule has 0 saturated heterocycles. The van der Waals surface area contributed by atoms with Gasteiger partial charge in [0.25, 0.3) is 0 Å². The average molecular weight is 491 g/mol. The Balaban J connectivity index is 2.06. The maximum absolute atomic E-state index is 4.45. The normalized spacial score (nSPS) is 14.0. The highest BCUT2D eigenvalue weighted by atomic mass is 14.9. The molecule has 0 unspecified atom stereocenters. The Hall–Kier alpha value is -3.78. The van der Waals surface area contributed by atoms with Crippen LogP contribution in [0.5, 0.6) is 0 Å². The van der Waals surface area contributed by atoms with Crippen LogP contribution in [0.15, 0.2) is 114 Å². The summed E-state index contributed by atoms with van der Waals surface area (Å²) in [7, 11) is 0. The number of rotatable bonds is 10. The zero-order valence-electron chi connectivity index (χ0n) is 23.7. The largest absolute Gasteiger partial charge is 0.381 e. The van der Waals surface area contributed by atoms with Crippen LogP contribution in [0.25, 0.3) is 5.57 Å². The van der Waals surface area contributed by atoms with E-state index in [4.69, 9.17) is 0 Å². The van der Waals surface area contributed by atoms with Crippen LogP contribution in [0.2, 0.25) is 0 Å². The monoisotopic (exact) mass is 490 g/mol. The summed E-state index contributed by atoms with van der Waals surface area (Å²) >= 11 is 0. The van der Waals surface area contributed by atoms with Gasteiger partial charge in [0.15, 0.2) is 0 Å². The molecule has 1 aliphatic rings. The summed E-state index contributed by atoms with van der Waals surface area (Å²) in [6.07, 6.45) is 7.18. The fourth-order valence-electron chi connectivity index (χ4n) is 4.83. The SMILES string of the molecule is C=C(C)\C(C(=C)NCc1ccc(C)cc1C)=C(Nc1ccc2c(c1)CC(C)=C2C)/C(=C/C=C\C)C(=C)C. The Morgan fingerprint density at radius 1 is 0.946 bits per heavy atom. The molecule has 1 aliphatic carbocycles. The number of hydrogen-bond donors (Lipinski definition) is 2. The molecule has 0 spiro atoms. The fourth-order valence-corrected chi connectivity index (χ4v) is 4.83. The van der Waals surface area contributed by atoms with E-state index in [2.05, 4.69) is 101 Å². The topological polar surface area (TPSA) is 24.1 Å². The van der Waals surface area contributed by atoms with E-state index in [0.717, 1.165) is 45.8 Å². The van der Waals surface area contributed by atoms with Gasteiger partial charge in [-0.15, -0.1) is 0 Å². The maximum Gasteiger partial charge on any atom is 0.0557 e. The second-order valence-corrected chi connectivity index (χ2v) is 10.3. The molecule has 37 heavy (non-hydrogen) atoms. The minimum atomic E-state index is 0.694. The molecule has 2 heteroatoms. The van der Waals surface area contributed by atoms with Crippen LogP contribution in [0.3, 0.4) is 0 Å². The Morgan fingerprint density at radius 3 is 2.30 bits per heavy atom. The van der Waals surface area contributed by atoms with Crippen molar-refractivity contribution in [1.29, 1.82) is 0 Å². The van der Waals surface area contributed by atoms with Crippen molar-refractivity contribution in [2.45, 2.75) is 61.4 Å². The van der Waals surface area contributed by atoms with Gasteiger partial charge in [-0.2, -0.15) is 0 Å². The summed E-state index contributed by atoms with van der Waals surface area (Å²) in [4.78, 5) is 0. The Bertz CT molecular complexity index is 1370. The van der Waals surface area contributed by atoms with Crippen molar-refractivity contribution in [2.24, 2.45) is 0 Å². The predicted octanol–water partition coefficient (Wildman–Crippen LogP) is 9.28. The molecule has 2 aromatic rings. The summed E-state index contributed by atoms with van der Waals surface area (Å²) < 4.78 is 0. The first-order valence-corrected chi connectivity index (χ1v) is 13.0. The van der Waals surface area contributed by atoms with Crippen molar-refractivity contribution in [2.75, 3.05) is 5.32 Å². The average Bonchev–Trinajstić information content (AvgIpc) is 3.11. The molecule has 0 bridgehead atoms. The molecule has 2 nitrogen and oxygen atoms in total. The standard InChI is InChI=1S/C35H42N2/c1-11-12-13-32(22(2)3)35(37-31-16-17-33-27(9)25(7)19-30(33)20-31)34(23(4)5)28(10)36-21-29-15-14-24(6)18-26(29)8/h11-18,20,36-37H,2,4,10,19,21H2,1,3,5-9H3/b12-11-,32-13+,35-34-. The molecule has 3 rings (SSSR count). The second-order valence-electron chi connectivity index (χ2n) is 10.3. The number of allylic oxidation sites excluding steroid dienone is 7. The van der Waals surface area contributed by atoms with Gasteiger partial charge in [0, 0.05) is 29.1 Å². The molecule has 0 fully saturated rings. The molecule has 2 N–H and O–H groups in total. The summed E-state index contributed by atoms with van der Waals surface area (Å²) in [5.74, 6) is 0. The van der Waals surface area contributed by atoms with E-state index >= 15 is 0 Å². The number of aryl methyl sites for hydroxylation is 2. The van der Waals surface area contributed by atoms with Crippen LogP contribution in [-0.2, 0) is 13.0 Å². The third-order valence-corrected chi connectivity index (χ3v) is 7.03. The van der Waals surface area contributed by atoms with Crippen LogP contribution in [0.1, 0.15) is 62.4 Å². The van der Waals surface area contributed by atoms with E-state index in [9.17, 15) is 0 Å². The van der Waals surface area contributed by atoms with Crippen molar-refractivity contribution in [3.8, 4) is 0 Å². The molecule has 2 aromatic carbocycles. The third kappa shape index (κ3) is 6.51. The number of fused-ring (bicyclic) bond motifs is 1. The number of benzene rings is 2. The Kier molecular flexibility index (Phi) is 8.99. The van der Waals surface area contributed by atoms with E-state index in [1.54, 1.807) is 0 Å². The molecular weight excluding hydrogens is 448 g/mol. The van der Waals surface area contributed by atoms with Crippen LogP contribution < -0.4 is 10.6 Å². The summed E-state index contributed by atoms with van der Waals surface area (Å²) in [6, 6.07) is 13.2. The molecule has 0 atom stereocenters. The van der Waals surface area contributed by atoms with Gasteiger partial charge in [-0.1, -0.05) is 73.4 Å². The molecule has 0 amide bonds. The van der Waals surface area contributed by atoms with Crippen molar-refractivity contribution >= 4 is 11.3 Å². The Morgan fingerprint density at radius 2 is 1.68 bits per heavy atom. The van der Waals surface area contributed by atoms with Crippen molar-refractivity contribution in [3.63, 3.8) is 0 Å². The van der Waals surface area contributed by atoms with Gasteiger partial charge in [-0.3, -0.25) is 0 Å². The van der Waals surface area contributed by atoms with Crippen LogP contribution in [-0.4, -0.2) is 0 Å². The Labute approximate surface area is 224 Å². The van der Waals surface area contributed by atoms with E-state index in [0.29, 0.717) is 6.54 Å². The smallest absolute Gasteiger partial charge is 0.0557 e. The molecule has 0 aromatic heterocycles. The van der Waals surface area contributed by atoms with Crippen molar-refractivity contribution in [3.05, 3.63) is 141 Å². The minimum absolute atomic E-state index is 0.694. The van der Waals surface area contributed by atoms with Crippen molar-refractivity contribution < 1.29 is 0 Å². The molecule has 192 valence electrons. The summed E-state index contributed by atoms with van der Waals surface area (Å²) in [6.45, 7) is 28.6. The highest BCUT2D eigenvalue weighted by Crippen LogP contribution is 2.36. The van der Waals surface area contributed by atoms with E-state index in [1.165, 1.54) is 39.0 Å². The van der Waals surface area contributed by atoms with Gasteiger partial charge in [0.05, 0.1) is 5.70 Å². The van der Waals surface area contributed by atoms with Gasteiger partial charge in [0.1, 0.15) is 0 Å². The molecular formula is C35H42N2. The second kappa shape index (κ2) is 12.0. The predicted molar refractivity (Wildman–Crippen MR) is 163 cm³/mol. The lowest BCUT2D eigenvalue weighted by Gasteiger charge is -2.23. The third-order valence-electron chi connectivity index (χ3n) is 7.03. The van der Waals surface area contributed by atoms with Crippen LogP contribution in [0.4, 0.5) is 5.69 Å². The highest BCUT2D eigenvalue weighted by Gasteiger charge is 2.19. The van der Waals surface area contributed by atoms with E-state index in [1.807, 2.05) is 32.9 Å². The first-order chi connectivity index (χ1) is 17.5. The molecule has 0 aliphatic heterocycles. The van der Waals surface area contributed by atoms with Gasteiger partial charge < -0.3 is 10.6 Å². The maximum atomic E-state index is 4.45. The number of hydrogen-bond acceptors (Lipinski definition) is 2. The quantitative estimate of drug-likeness (QED) is 0.324. The lowest BCUT2D eigenvalue weighted by Crippen LogP contribution is -2.19. The van der Waals surface area contributed by atoms with Gasteiger partial charge in [-0.05, 0) is 106 Å². The minimum Gasteiger partial charge on any atom is -0.381 e. The zero-order valence-corrected chi connectivity index (χ0v) is 23.7. The van der Waals surface area contributed by atoms with E-state index in [-0.39, 0.29) is 0 Å². The lowest BCUT2D eigenvalue weighted by atomic mass is 9.94. The van der Waals surface area contributed by atoms with Crippen molar-refractivity contribution in [1.82, 2.24) is 5.32 Å². The first-order valence-electron chi connectivity index (χ1n) is 13.0. The molecule has 0 radical (unpaired) electrons. The fraction of sp³-hybridized carbons (Fsp3) is 0.257.